The maximum Gasteiger partial charge on any atom is 0.338 e. The van der Waals surface area contributed by atoms with Crippen molar-refractivity contribution in [2.45, 2.75) is 19.9 Å². The van der Waals surface area contributed by atoms with E-state index in [1.54, 1.807) is 13.8 Å². The lowest BCUT2D eigenvalue weighted by Crippen LogP contribution is -2.31. The van der Waals surface area contributed by atoms with Gasteiger partial charge in [0.05, 0.1) is 30.2 Å². The molecule has 0 aromatic heterocycles. The Kier molecular flexibility index (Phi) is 7.68. The van der Waals surface area contributed by atoms with E-state index in [1.807, 2.05) is 60.7 Å². The first-order valence-electron chi connectivity index (χ1n) is 9.78. The summed E-state index contributed by atoms with van der Waals surface area (Å²) in [7, 11) is 0. The van der Waals surface area contributed by atoms with Gasteiger partial charge in [-0.3, -0.25) is 4.79 Å². The van der Waals surface area contributed by atoms with Crippen LogP contribution in [0.3, 0.4) is 0 Å². The molecule has 30 heavy (non-hydrogen) atoms. The van der Waals surface area contributed by atoms with E-state index in [-0.39, 0.29) is 18.3 Å². The lowest BCUT2D eigenvalue weighted by atomic mass is 9.94. The van der Waals surface area contributed by atoms with Crippen LogP contribution in [0.15, 0.2) is 71.2 Å². The van der Waals surface area contributed by atoms with E-state index < -0.39 is 12.0 Å². The van der Waals surface area contributed by atoms with Crippen molar-refractivity contribution in [2.24, 2.45) is 4.99 Å². The monoisotopic (exact) mass is 424 g/mol. The van der Waals surface area contributed by atoms with Gasteiger partial charge >= 0.3 is 11.9 Å². The molecule has 6 nitrogen and oxygen atoms in total. The molecule has 1 aliphatic heterocycles. The average molecular weight is 425 g/mol. The van der Waals surface area contributed by atoms with Gasteiger partial charge in [0, 0.05) is 0 Å². The Morgan fingerprint density at radius 2 is 1.60 bits per heavy atom. The summed E-state index contributed by atoms with van der Waals surface area (Å²) in [5, 5.41) is 3.79. The smallest absolute Gasteiger partial charge is 0.338 e. The second-order valence-electron chi connectivity index (χ2n) is 6.34. The summed E-state index contributed by atoms with van der Waals surface area (Å²) in [4.78, 5) is 29.5. The fraction of sp³-hybridized carbons (Fsp3) is 0.261. The van der Waals surface area contributed by atoms with E-state index in [1.165, 1.54) is 11.8 Å². The molecule has 0 aliphatic carbocycles. The molecule has 2 aromatic rings. The number of thioether (sulfide) groups is 1. The fourth-order valence-corrected chi connectivity index (χ4v) is 3.75. The number of carbonyl (C=O) groups excluding carboxylic acids is 2. The molecule has 7 heteroatoms. The van der Waals surface area contributed by atoms with Crippen molar-refractivity contribution in [3.05, 3.63) is 77.4 Å². The second kappa shape index (κ2) is 10.6. The van der Waals surface area contributed by atoms with Crippen molar-refractivity contribution in [3.8, 4) is 0 Å². The van der Waals surface area contributed by atoms with Crippen LogP contribution in [-0.4, -0.2) is 36.1 Å². The Balaban J connectivity index is 2.05. The van der Waals surface area contributed by atoms with E-state index in [4.69, 9.17) is 14.5 Å². The minimum Gasteiger partial charge on any atom is -0.465 e. The van der Waals surface area contributed by atoms with E-state index >= 15 is 0 Å². The van der Waals surface area contributed by atoms with Crippen LogP contribution >= 0.6 is 11.8 Å². The molecule has 1 heterocycles. The van der Waals surface area contributed by atoms with Crippen LogP contribution in [0, 0.1) is 0 Å². The molecule has 0 fully saturated rings. The Morgan fingerprint density at radius 1 is 0.967 bits per heavy atom. The molecule has 0 unspecified atom stereocenters. The molecule has 0 saturated heterocycles. The van der Waals surface area contributed by atoms with Crippen LogP contribution in [0.5, 0.6) is 0 Å². The average Bonchev–Trinajstić information content (AvgIpc) is 2.78. The molecular weight excluding hydrogens is 400 g/mol. The van der Waals surface area contributed by atoms with Gasteiger partial charge in [-0.1, -0.05) is 72.4 Å². The molecule has 0 bridgehead atoms. The third-order valence-electron chi connectivity index (χ3n) is 4.33. The minimum atomic E-state index is -0.550. The van der Waals surface area contributed by atoms with Crippen LogP contribution in [0.2, 0.25) is 0 Å². The van der Waals surface area contributed by atoms with E-state index in [9.17, 15) is 9.59 Å². The van der Waals surface area contributed by atoms with E-state index in [0.29, 0.717) is 23.0 Å². The highest BCUT2D eigenvalue weighted by molar-refractivity contribution is 8.14. The SMILES string of the molecule is CCOC(=O)CSC1=N[C@@H](c2ccccc2)C(C(=O)OCC)=C(c2ccccc2)N1. The molecule has 0 radical (unpaired) electrons. The number of rotatable bonds is 7. The van der Waals surface area contributed by atoms with Crippen molar-refractivity contribution >= 4 is 34.6 Å². The van der Waals surface area contributed by atoms with Crippen LogP contribution in [0.1, 0.15) is 31.0 Å². The summed E-state index contributed by atoms with van der Waals surface area (Å²) < 4.78 is 10.4. The molecule has 156 valence electrons. The highest BCUT2D eigenvalue weighted by Crippen LogP contribution is 2.36. The highest BCUT2D eigenvalue weighted by Gasteiger charge is 2.32. The minimum absolute atomic E-state index is 0.123. The molecule has 0 amide bonds. The van der Waals surface area contributed by atoms with E-state index in [2.05, 4.69) is 5.32 Å². The Labute approximate surface area is 180 Å². The number of nitrogens with one attached hydrogen (secondary N) is 1. The Morgan fingerprint density at radius 3 is 2.23 bits per heavy atom. The highest BCUT2D eigenvalue weighted by atomic mass is 32.2. The zero-order valence-electron chi connectivity index (χ0n) is 17.0. The van der Waals surface area contributed by atoms with Crippen LogP contribution < -0.4 is 5.32 Å². The zero-order valence-corrected chi connectivity index (χ0v) is 17.8. The second-order valence-corrected chi connectivity index (χ2v) is 7.31. The summed E-state index contributed by atoms with van der Waals surface area (Å²) in [5.74, 6) is -0.613. The summed E-state index contributed by atoms with van der Waals surface area (Å²) in [6.45, 7) is 4.14. The number of carbonyl (C=O) groups is 2. The Bertz CT molecular complexity index is 942. The first-order chi connectivity index (χ1) is 14.6. The normalized spacial score (nSPS) is 15.8. The van der Waals surface area contributed by atoms with Crippen LogP contribution in [-0.2, 0) is 19.1 Å². The van der Waals surface area contributed by atoms with Crippen molar-refractivity contribution in [1.82, 2.24) is 5.32 Å². The maximum absolute atomic E-state index is 13.0. The lowest BCUT2D eigenvalue weighted by molar-refractivity contribution is -0.140. The van der Waals surface area contributed by atoms with Gasteiger partial charge in [0.2, 0.25) is 0 Å². The molecule has 0 saturated carbocycles. The standard InChI is InChI=1S/C23H24N2O4S/c1-3-28-18(26)15-30-23-24-20(16-11-7-5-8-12-16)19(22(27)29-4-2)21(25-23)17-13-9-6-10-14-17/h5-14,20H,3-4,15H2,1-2H3,(H,24,25)/t20-/m0/s1. The fourth-order valence-electron chi connectivity index (χ4n) is 3.06. The van der Waals surface area contributed by atoms with Crippen molar-refractivity contribution in [2.75, 3.05) is 19.0 Å². The molecule has 1 N–H and O–H groups in total. The number of esters is 2. The largest absolute Gasteiger partial charge is 0.465 e. The van der Waals surface area contributed by atoms with Gasteiger partial charge in [-0.25, -0.2) is 9.79 Å². The first-order valence-corrected chi connectivity index (χ1v) is 10.8. The lowest BCUT2D eigenvalue weighted by Gasteiger charge is -2.27. The molecule has 1 aliphatic rings. The number of benzene rings is 2. The molecular formula is C23H24N2O4S. The molecule has 0 spiro atoms. The van der Waals surface area contributed by atoms with Crippen molar-refractivity contribution in [3.63, 3.8) is 0 Å². The number of hydrogen-bond acceptors (Lipinski definition) is 7. The van der Waals surface area contributed by atoms with E-state index in [0.717, 1.165) is 11.1 Å². The third-order valence-corrected chi connectivity index (χ3v) is 5.19. The number of ether oxygens (including phenoxy) is 2. The van der Waals surface area contributed by atoms with Gasteiger partial charge < -0.3 is 14.8 Å². The number of amidine groups is 1. The molecule has 1 atom stereocenters. The number of nitrogens with zero attached hydrogens (tertiary/aromatic N) is 1. The van der Waals surface area contributed by atoms with Gasteiger partial charge in [-0.15, -0.1) is 0 Å². The van der Waals surface area contributed by atoms with Crippen LogP contribution in [0.25, 0.3) is 5.70 Å². The summed E-state index contributed by atoms with van der Waals surface area (Å²) in [6, 6.07) is 18.6. The number of aliphatic imine (C=N–C) groups is 1. The van der Waals surface area contributed by atoms with Gasteiger partial charge in [0.25, 0.3) is 0 Å². The molecule has 3 rings (SSSR count). The van der Waals surface area contributed by atoms with Crippen molar-refractivity contribution in [1.29, 1.82) is 0 Å². The zero-order chi connectivity index (χ0) is 21.3. The maximum atomic E-state index is 13.0. The predicted octanol–water partition coefficient (Wildman–Crippen LogP) is 3.96. The third kappa shape index (κ3) is 5.30. The molecule has 2 aromatic carbocycles. The van der Waals surface area contributed by atoms with Gasteiger partial charge in [-0.05, 0) is 25.0 Å². The topological polar surface area (TPSA) is 77.0 Å². The first kappa shape index (κ1) is 21.6. The summed E-state index contributed by atoms with van der Waals surface area (Å²) >= 11 is 1.25. The van der Waals surface area contributed by atoms with Gasteiger partial charge in [-0.2, -0.15) is 0 Å². The van der Waals surface area contributed by atoms with Crippen LogP contribution in [0.4, 0.5) is 0 Å². The van der Waals surface area contributed by atoms with Gasteiger partial charge in [0.1, 0.15) is 6.04 Å². The quantitative estimate of drug-likeness (QED) is 0.678. The number of hydrogen-bond donors (Lipinski definition) is 1. The van der Waals surface area contributed by atoms with Crippen molar-refractivity contribution < 1.29 is 19.1 Å². The summed E-state index contributed by atoms with van der Waals surface area (Å²) in [6.07, 6.45) is 0. The Hall–Kier alpha value is -3.06. The predicted molar refractivity (Wildman–Crippen MR) is 119 cm³/mol. The van der Waals surface area contributed by atoms with Gasteiger partial charge in [0.15, 0.2) is 5.17 Å². The summed E-state index contributed by atoms with van der Waals surface area (Å²) in [5.41, 5.74) is 2.77.